The normalized spacial score (nSPS) is 12.5. The Kier molecular flexibility index (Phi) is 6.62. The topological polar surface area (TPSA) is 59.5 Å². The summed E-state index contributed by atoms with van der Waals surface area (Å²) in [6.45, 7) is -0.235. The Balaban J connectivity index is 2.50. The second-order valence-electron chi connectivity index (χ2n) is 5.33. The van der Waals surface area contributed by atoms with Gasteiger partial charge in [0.25, 0.3) is 0 Å². The number of pyridine rings is 1. The maximum absolute atomic E-state index is 13.3. The van der Waals surface area contributed by atoms with E-state index >= 15 is 0 Å². The third-order valence-corrected chi connectivity index (χ3v) is 5.63. The number of halogens is 4. The highest BCUT2D eigenvalue weighted by Crippen LogP contribution is 2.37. The molecule has 0 unspecified atom stereocenters. The minimum atomic E-state index is -4.87. The van der Waals surface area contributed by atoms with E-state index in [9.17, 15) is 21.6 Å². The molecule has 2 aromatic rings. The van der Waals surface area contributed by atoms with Crippen LogP contribution in [0.3, 0.4) is 0 Å². The fourth-order valence-electron chi connectivity index (χ4n) is 2.26. The summed E-state index contributed by atoms with van der Waals surface area (Å²) in [6, 6.07) is 5.83. The van der Waals surface area contributed by atoms with Gasteiger partial charge in [-0.25, -0.2) is 8.42 Å². The monoisotopic (exact) mass is 408 g/mol. The maximum atomic E-state index is 13.3. The Bertz CT molecular complexity index is 846. The van der Waals surface area contributed by atoms with Gasteiger partial charge in [0.05, 0.1) is 17.1 Å². The number of benzene rings is 1. The summed E-state index contributed by atoms with van der Waals surface area (Å²) in [5.74, 6) is 0. The van der Waals surface area contributed by atoms with E-state index in [4.69, 9.17) is 16.3 Å². The first-order valence-electron chi connectivity index (χ1n) is 7.41. The van der Waals surface area contributed by atoms with Gasteiger partial charge in [0.2, 0.25) is 10.0 Å². The van der Waals surface area contributed by atoms with Crippen LogP contribution in [0.15, 0.2) is 47.6 Å². The van der Waals surface area contributed by atoms with Crippen LogP contribution in [-0.2, 0) is 27.5 Å². The lowest BCUT2D eigenvalue weighted by Gasteiger charge is -2.24. The van der Waals surface area contributed by atoms with E-state index in [-0.39, 0.29) is 24.7 Å². The summed E-state index contributed by atoms with van der Waals surface area (Å²) in [5, 5.41) is -0.202. The molecule has 0 atom stereocenters. The zero-order valence-electron chi connectivity index (χ0n) is 13.7. The average Bonchev–Trinajstić information content (AvgIpc) is 2.58. The van der Waals surface area contributed by atoms with Crippen molar-refractivity contribution >= 4 is 21.6 Å². The van der Waals surface area contributed by atoms with E-state index in [0.717, 1.165) is 16.4 Å². The van der Waals surface area contributed by atoms with E-state index < -0.39 is 26.7 Å². The van der Waals surface area contributed by atoms with Crippen molar-refractivity contribution < 1.29 is 26.3 Å². The standard InChI is InChI=1S/C16H16ClF3N2O3S/c1-25-8-7-22(11-12-3-2-6-21-10-12)26(23,24)15-5-4-13(17)9-14(15)16(18,19)20/h2-6,9-10H,7-8,11H2,1H3. The molecule has 0 radical (unpaired) electrons. The Hall–Kier alpha value is -1.68. The van der Waals surface area contributed by atoms with Gasteiger partial charge in [-0.05, 0) is 29.8 Å². The molecular weight excluding hydrogens is 393 g/mol. The largest absolute Gasteiger partial charge is 0.417 e. The van der Waals surface area contributed by atoms with E-state index in [0.29, 0.717) is 11.6 Å². The van der Waals surface area contributed by atoms with Crippen LogP contribution >= 0.6 is 11.6 Å². The molecule has 142 valence electrons. The van der Waals surface area contributed by atoms with E-state index in [1.807, 2.05) is 0 Å². The second-order valence-corrected chi connectivity index (χ2v) is 7.67. The maximum Gasteiger partial charge on any atom is 0.417 e. The van der Waals surface area contributed by atoms with Crippen molar-refractivity contribution in [2.75, 3.05) is 20.3 Å². The predicted octanol–water partition coefficient (Wildman–Crippen LogP) is 3.59. The van der Waals surface area contributed by atoms with Crippen molar-refractivity contribution in [1.29, 1.82) is 0 Å². The molecule has 1 aromatic heterocycles. The van der Waals surface area contributed by atoms with Gasteiger partial charge in [-0.1, -0.05) is 17.7 Å². The number of sulfonamides is 1. The van der Waals surface area contributed by atoms with E-state index in [1.165, 1.54) is 19.5 Å². The molecular formula is C16H16ClF3N2O3S. The molecule has 26 heavy (non-hydrogen) atoms. The lowest BCUT2D eigenvalue weighted by atomic mass is 10.2. The molecule has 1 heterocycles. The number of hydrogen-bond donors (Lipinski definition) is 0. The first-order valence-corrected chi connectivity index (χ1v) is 9.23. The molecule has 0 amide bonds. The Labute approximate surface area is 154 Å². The highest BCUT2D eigenvalue weighted by Gasteiger charge is 2.39. The molecule has 5 nitrogen and oxygen atoms in total. The lowest BCUT2D eigenvalue weighted by molar-refractivity contribution is -0.139. The Morgan fingerprint density at radius 1 is 1.27 bits per heavy atom. The highest BCUT2D eigenvalue weighted by atomic mass is 35.5. The first-order chi connectivity index (χ1) is 12.2. The fourth-order valence-corrected chi connectivity index (χ4v) is 4.04. The van der Waals surface area contributed by atoms with Crippen molar-refractivity contribution in [2.45, 2.75) is 17.6 Å². The summed E-state index contributed by atoms with van der Waals surface area (Å²) < 4.78 is 71.6. The molecule has 0 saturated heterocycles. The van der Waals surface area contributed by atoms with Crippen molar-refractivity contribution in [3.8, 4) is 0 Å². The number of hydrogen-bond acceptors (Lipinski definition) is 4. The number of ether oxygens (including phenoxy) is 1. The smallest absolute Gasteiger partial charge is 0.383 e. The zero-order valence-corrected chi connectivity index (χ0v) is 15.3. The van der Waals surface area contributed by atoms with E-state index in [1.54, 1.807) is 12.1 Å². The molecule has 0 aliphatic heterocycles. The molecule has 0 fully saturated rings. The Morgan fingerprint density at radius 3 is 2.58 bits per heavy atom. The van der Waals surface area contributed by atoms with Gasteiger partial charge in [-0.3, -0.25) is 4.98 Å². The molecule has 1 aromatic carbocycles. The summed E-state index contributed by atoms with van der Waals surface area (Å²) in [5.41, 5.74) is -0.770. The van der Waals surface area contributed by atoms with Gasteiger partial charge in [0.15, 0.2) is 0 Å². The molecule has 0 bridgehead atoms. The summed E-state index contributed by atoms with van der Waals surface area (Å²) >= 11 is 5.63. The van der Waals surface area contributed by atoms with Gasteiger partial charge in [0.1, 0.15) is 0 Å². The summed E-state index contributed by atoms with van der Waals surface area (Å²) in [7, 11) is -3.08. The zero-order chi connectivity index (χ0) is 19.4. The van der Waals surface area contributed by atoms with Crippen molar-refractivity contribution in [2.24, 2.45) is 0 Å². The van der Waals surface area contributed by atoms with Gasteiger partial charge in [-0.2, -0.15) is 17.5 Å². The third-order valence-electron chi connectivity index (χ3n) is 3.49. The van der Waals surface area contributed by atoms with Crippen LogP contribution in [0.2, 0.25) is 5.02 Å². The van der Waals surface area contributed by atoms with Gasteiger partial charge in [-0.15, -0.1) is 0 Å². The van der Waals surface area contributed by atoms with Gasteiger partial charge in [0, 0.05) is 37.6 Å². The average molecular weight is 409 g/mol. The van der Waals surface area contributed by atoms with Gasteiger partial charge >= 0.3 is 6.18 Å². The Morgan fingerprint density at radius 2 is 2.00 bits per heavy atom. The van der Waals surface area contributed by atoms with Crippen LogP contribution in [0.4, 0.5) is 13.2 Å². The van der Waals surface area contributed by atoms with Gasteiger partial charge < -0.3 is 4.74 Å². The van der Waals surface area contributed by atoms with Crippen LogP contribution in [0, 0.1) is 0 Å². The van der Waals surface area contributed by atoms with Crippen LogP contribution in [0.1, 0.15) is 11.1 Å². The minimum absolute atomic E-state index is 0.0223. The molecule has 0 saturated carbocycles. The summed E-state index contributed by atoms with van der Waals surface area (Å²) in [6.07, 6.45) is -1.91. The quantitative estimate of drug-likeness (QED) is 0.702. The van der Waals surface area contributed by atoms with Crippen LogP contribution in [-0.4, -0.2) is 38.0 Å². The first kappa shape index (κ1) is 20.6. The number of nitrogens with zero attached hydrogens (tertiary/aromatic N) is 2. The SMILES string of the molecule is COCCN(Cc1cccnc1)S(=O)(=O)c1ccc(Cl)cc1C(F)(F)F. The third kappa shape index (κ3) is 4.94. The molecule has 0 aliphatic carbocycles. The molecule has 10 heteroatoms. The number of methoxy groups -OCH3 is 1. The van der Waals surface area contributed by atoms with Crippen LogP contribution in [0.25, 0.3) is 0 Å². The van der Waals surface area contributed by atoms with Crippen molar-refractivity contribution in [3.05, 3.63) is 58.9 Å². The number of rotatable bonds is 7. The van der Waals surface area contributed by atoms with Crippen LogP contribution in [0.5, 0.6) is 0 Å². The van der Waals surface area contributed by atoms with Crippen molar-refractivity contribution in [1.82, 2.24) is 9.29 Å². The molecule has 0 aliphatic rings. The van der Waals surface area contributed by atoms with Crippen LogP contribution < -0.4 is 0 Å². The minimum Gasteiger partial charge on any atom is -0.383 e. The molecule has 0 spiro atoms. The second kappa shape index (κ2) is 8.34. The lowest BCUT2D eigenvalue weighted by Crippen LogP contribution is -2.34. The van der Waals surface area contributed by atoms with E-state index in [2.05, 4.69) is 4.98 Å². The highest BCUT2D eigenvalue weighted by molar-refractivity contribution is 7.89. The number of aromatic nitrogens is 1. The molecule has 2 rings (SSSR count). The number of alkyl halides is 3. The fraction of sp³-hybridized carbons (Fsp3) is 0.312. The predicted molar refractivity (Wildman–Crippen MR) is 90.2 cm³/mol. The molecule has 0 N–H and O–H groups in total. The summed E-state index contributed by atoms with van der Waals surface area (Å²) in [4.78, 5) is 3.04. The van der Waals surface area contributed by atoms with Crippen molar-refractivity contribution in [3.63, 3.8) is 0 Å².